The Morgan fingerprint density at radius 1 is 0.958 bits per heavy atom. The molecule has 24 heavy (non-hydrogen) atoms. The molecule has 0 bridgehead atoms. The van der Waals surface area contributed by atoms with Gasteiger partial charge >= 0.3 is 0 Å². The van der Waals surface area contributed by atoms with E-state index in [9.17, 15) is 0 Å². The summed E-state index contributed by atoms with van der Waals surface area (Å²) in [6, 6.07) is 18.2. The number of likely N-dealkylation sites (tertiary alicyclic amines) is 1. The number of hydrogen-bond donors (Lipinski definition) is 1. The molecule has 0 aromatic heterocycles. The number of hydrogen-bond acceptors (Lipinski definition) is 2. The molecule has 128 valence electrons. The molecule has 1 heterocycles. The summed E-state index contributed by atoms with van der Waals surface area (Å²) in [5.74, 6) is 0. The number of benzene rings is 2. The Morgan fingerprint density at radius 3 is 2.04 bits per heavy atom. The minimum absolute atomic E-state index is 0.649. The summed E-state index contributed by atoms with van der Waals surface area (Å²) in [4.78, 5) is 2.57. The fraction of sp³-hybridized carbons (Fsp3) is 0.429. The molecule has 2 nitrogen and oxygen atoms in total. The predicted octanol–water partition coefficient (Wildman–Crippen LogP) is 4.97. The first kappa shape index (κ1) is 17.5. The maximum absolute atomic E-state index is 5.95. The molecule has 0 unspecified atom stereocenters. The van der Waals surface area contributed by atoms with Crippen molar-refractivity contribution in [3.05, 3.63) is 59.1 Å². The Balaban J connectivity index is 1.51. The molecule has 1 aliphatic heterocycles. The first-order valence-electron chi connectivity index (χ1n) is 8.94. The minimum atomic E-state index is 0.649. The van der Waals surface area contributed by atoms with Gasteiger partial charge in [-0.15, -0.1) is 0 Å². The van der Waals surface area contributed by atoms with Gasteiger partial charge in [-0.2, -0.15) is 0 Å². The Bertz CT molecular complexity index is 626. The lowest BCUT2D eigenvalue weighted by atomic mass is 10.0. The molecule has 2 aromatic carbocycles. The molecular formula is C21H27ClN2. The third-order valence-corrected chi connectivity index (χ3v) is 5.24. The predicted molar refractivity (Wildman–Crippen MR) is 103 cm³/mol. The van der Waals surface area contributed by atoms with E-state index >= 15 is 0 Å². The lowest BCUT2D eigenvalue weighted by Crippen LogP contribution is -2.44. The summed E-state index contributed by atoms with van der Waals surface area (Å²) >= 11 is 5.95. The molecule has 0 spiro atoms. The number of rotatable bonds is 5. The van der Waals surface area contributed by atoms with Gasteiger partial charge in [0.2, 0.25) is 0 Å². The highest BCUT2D eigenvalue weighted by atomic mass is 35.5. The normalized spacial score (nSPS) is 16.7. The van der Waals surface area contributed by atoms with Crippen LogP contribution in [0, 0.1) is 0 Å². The monoisotopic (exact) mass is 342 g/mol. The first-order valence-corrected chi connectivity index (χ1v) is 9.32. The van der Waals surface area contributed by atoms with E-state index in [1.807, 2.05) is 12.1 Å². The van der Waals surface area contributed by atoms with Crippen LogP contribution in [0.25, 0.3) is 11.1 Å². The van der Waals surface area contributed by atoms with Gasteiger partial charge in [0.15, 0.2) is 0 Å². The Kier molecular flexibility index (Phi) is 5.94. The number of nitrogens with one attached hydrogen (secondary N) is 1. The number of halogens is 1. The van der Waals surface area contributed by atoms with Gasteiger partial charge in [0.25, 0.3) is 0 Å². The van der Waals surface area contributed by atoms with Gasteiger partial charge < -0.3 is 10.2 Å². The van der Waals surface area contributed by atoms with E-state index < -0.39 is 0 Å². The zero-order valence-electron chi connectivity index (χ0n) is 14.6. The van der Waals surface area contributed by atoms with Crippen LogP contribution in [-0.2, 0) is 6.54 Å². The van der Waals surface area contributed by atoms with Crippen LogP contribution in [0.5, 0.6) is 0 Å². The van der Waals surface area contributed by atoms with Crippen molar-refractivity contribution in [2.24, 2.45) is 0 Å². The van der Waals surface area contributed by atoms with Crippen LogP contribution in [0.2, 0.25) is 5.02 Å². The van der Waals surface area contributed by atoms with Crippen LogP contribution in [0.1, 0.15) is 32.3 Å². The SMILES string of the molecule is CC(C)N1CCC(NCc2ccc(-c3ccc(Cl)cc3)cc2)CC1. The highest BCUT2D eigenvalue weighted by Crippen LogP contribution is 2.22. The maximum Gasteiger partial charge on any atom is 0.0406 e. The second-order valence-electron chi connectivity index (χ2n) is 6.99. The Morgan fingerprint density at radius 2 is 1.50 bits per heavy atom. The zero-order chi connectivity index (χ0) is 16.9. The molecule has 1 N–H and O–H groups in total. The third kappa shape index (κ3) is 4.60. The quantitative estimate of drug-likeness (QED) is 0.825. The summed E-state index contributed by atoms with van der Waals surface area (Å²) in [6.45, 7) is 7.95. The summed E-state index contributed by atoms with van der Waals surface area (Å²) in [7, 11) is 0. The largest absolute Gasteiger partial charge is 0.310 e. The Labute approximate surface area is 150 Å². The lowest BCUT2D eigenvalue weighted by Gasteiger charge is -2.35. The van der Waals surface area contributed by atoms with E-state index in [2.05, 4.69) is 60.5 Å². The van der Waals surface area contributed by atoms with Crippen molar-refractivity contribution in [2.45, 2.75) is 45.3 Å². The summed E-state index contributed by atoms with van der Waals surface area (Å²) in [6.07, 6.45) is 2.50. The molecule has 0 aliphatic carbocycles. The number of piperidine rings is 1. The summed E-state index contributed by atoms with van der Waals surface area (Å²) in [5, 5.41) is 4.50. The summed E-state index contributed by atoms with van der Waals surface area (Å²) in [5.41, 5.74) is 3.79. The van der Waals surface area contributed by atoms with Crippen LogP contribution < -0.4 is 5.32 Å². The second kappa shape index (κ2) is 8.15. The van der Waals surface area contributed by atoms with Crippen molar-refractivity contribution in [3.8, 4) is 11.1 Å². The Hall–Kier alpha value is -1.35. The molecule has 1 aliphatic rings. The van der Waals surface area contributed by atoms with E-state index in [-0.39, 0.29) is 0 Å². The van der Waals surface area contributed by atoms with E-state index in [1.54, 1.807) is 0 Å². The fourth-order valence-electron chi connectivity index (χ4n) is 3.34. The van der Waals surface area contributed by atoms with Gasteiger partial charge in [-0.3, -0.25) is 0 Å². The van der Waals surface area contributed by atoms with E-state index in [4.69, 9.17) is 11.6 Å². The molecule has 0 saturated carbocycles. The second-order valence-corrected chi connectivity index (χ2v) is 7.43. The van der Waals surface area contributed by atoms with Gasteiger partial charge in [-0.25, -0.2) is 0 Å². The first-order chi connectivity index (χ1) is 11.6. The number of nitrogens with zero attached hydrogens (tertiary/aromatic N) is 1. The fourth-order valence-corrected chi connectivity index (χ4v) is 3.47. The highest BCUT2D eigenvalue weighted by Gasteiger charge is 2.20. The highest BCUT2D eigenvalue weighted by molar-refractivity contribution is 6.30. The van der Waals surface area contributed by atoms with Crippen LogP contribution in [0.15, 0.2) is 48.5 Å². The van der Waals surface area contributed by atoms with Crippen LogP contribution in [0.3, 0.4) is 0 Å². The van der Waals surface area contributed by atoms with Crippen molar-refractivity contribution in [1.82, 2.24) is 10.2 Å². The molecular weight excluding hydrogens is 316 g/mol. The van der Waals surface area contributed by atoms with Gasteiger partial charge in [0, 0.05) is 23.7 Å². The zero-order valence-corrected chi connectivity index (χ0v) is 15.4. The van der Waals surface area contributed by atoms with E-state index in [0.29, 0.717) is 12.1 Å². The van der Waals surface area contributed by atoms with Crippen LogP contribution in [0.4, 0.5) is 0 Å². The van der Waals surface area contributed by atoms with Gasteiger partial charge in [0.05, 0.1) is 0 Å². The van der Waals surface area contributed by atoms with Gasteiger partial charge in [-0.05, 0) is 68.6 Å². The van der Waals surface area contributed by atoms with Gasteiger partial charge in [0.1, 0.15) is 0 Å². The molecule has 2 aromatic rings. The minimum Gasteiger partial charge on any atom is -0.310 e. The van der Waals surface area contributed by atoms with Crippen LogP contribution in [-0.4, -0.2) is 30.1 Å². The van der Waals surface area contributed by atoms with E-state index in [0.717, 1.165) is 11.6 Å². The molecule has 0 atom stereocenters. The molecule has 3 heteroatoms. The molecule has 1 fully saturated rings. The average molecular weight is 343 g/mol. The lowest BCUT2D eigenvalue weighted by molar-refractivity contribution is 0.161. The van der Waals surface area contributed by atoms with Crippen molar-refractivity contribution in [1.29, 1.82) is 0 Å². The van der Waals surface area contributed by atoms with E-state index in [1.165, 1.54) is 42.6 Å². The molecule has 0 radical (unpaired) electrons. The maximum atomic E-state index is 5.95. The standard InChI is InChI=1S/C21H27ClN2/c1-16(2)24-13-11-21(12-14-24)23-15-17-3-5-18(6-4-17)19-7-9-20(22)10-8-19/h3-10,16,21,23H,11-15H2,1-2H3. The van der Waals surface area contributed by atoms with Crippen LogP contribution >= 0.6 is 11.6 Å². The van der Waals surface area contributed by atoms with Crippen molar-refractivity contribution in [2.75, 3.05) is 13.1 Å². The average Bonchev–Trinajstić information content (AvgIpc) is 2.61. The topological polar surface area (TPSA) is 15.3 Å². The smallest absolute Gasteiger partial charge is 0.0406 e. The third-order valence-electron chi connectivity index (χ3n) is 4.99. The van der Waals surface area contributed by atoms with Crippen molar-refractivity contribution in [3.63, 3.8) is 0 Å². The molecule has 1 saturated heterocycles. The summed E-state index contributed by atoms with van der Waals surface area (Å²) < 4.78 is 0. The van der Waals surface area contributed by atoms with Crippen molar-refractivity contribution < 1.29 is 0 Å². The molecule has 3 rings (SSSR count). The van der Waals surface area contributed by atoms with Gasteiger partial charge in [-0.1, -0.05) is 48.0 Å². The molecule has 0 amide bonds. The van der Waals surface area contributed by atoms with Crippen molar-refractivity contribution >= 4 is 11.6 Å².